The molecule has 10 nitrogen and oxygen atoms in total. The van der Waals surface area contributed by atoms with Gasteiger partial charge in [0.05, 0.1) is 11.5 Å². The minimum atomic E-state index is -4.23. The molecule has 17 heavy (non-hydrogen) atoms. The second-order valence-corrected chi connectivity index (χ2v) is 6.76. The molecule has 1 rings (SSSR count). The number of aromatic amines is 2. The largest absolute Gasteiger partial charge is 0.342 e. The van der Waals surface area contributed by atoms with Crippen LogP contribution in [-0.2, 0) is 19.9 Å². The summed E-state index contributed by atoms with van der Waals surface area (Å²) in [5.74, 6) is -1.75. The summed E-state index contributed by atoms with van der Waals surface area (Å²) in [7, 11) is -8.20. The number of nitrogens with two attached hydrogens (primary N) is 1. The molecule has 0 spiro atoms. The van der Waals surface area contributed by atoms with E-state index in [1.54, 1.807) is 10.1 Å². The van der Waals surface area contributed by atoms with Gasteiger partial charge in [-0.3, -0.25) is 9.78 Å². The van der Waals surface area contributed by atoms with Gasteiger partial charge in [0.2, 0.25) is 24.9 Å². The zero-order valence-electron chi connectivity index (χ0n) is 8.20. The summed E-state index contributed by atoms with van der Waals surface area (Å²) < 4.78 is 44.2. The van der Waals surface area contributed by atoms with E-state index in [0.717, 1.165) is 0 Å². The highest BCUT2D eigenvalue weighted by atomic mass is 32.2. The molecule has 0 saturated heterocycles. The molecule has 0 radical (unpaired) electrons. The molecule has 0 amide bonds. The predicted molar refractivity (Wildman–Crippen MR) is 55.5 cm³/mol. The smallest absolute Gasteiger partial charge is 0.270 e. The molecule has 12 heteroatoms. The summed E-state index contributed by atoms with van der Waals surface area (Å²) in [6.07, 6.45) is 0. The number of hydrogen-bond acceptors (Lipinski definition) is 7. The van der Waals surface area contributed by atoms with E-state index in [9.17, 15) is 26.4 Å². The number of sulfonamides is 1. The molecule has 0 saturated carbocycles. The third-order valence-corrected chi connectivity index (χ3v) is 4.25. The van der Waals surface area contributed by atoms with Crippen LogP contribution in [0, 0.1) is 0 Å². The number of aromatic nitrogens is 3. The maximum Gasteiger partial charge on any atom is 0.342 e. The molecule has 1 aromatic heterocycles. The zero-order chi connectivity index (χ0) is 13.3. The topological polar surface area (TPSA) is 173 Å². The van der Waals surface area contributed by atoms with Crippen LogP contribution in [-0.4, -0.2) is 43.5 Å². The first-order valence-electron chi connectivity index (χ1n) is 4.04. The Labute approximate surface area is 94.8 Å². The van der Waals surface area contributed by atoms with E-state index in [1.807, 2.05) is 0 Å². The normalized spacial score (nSPS) is 12.5. The van der Waals surface area contributed by atoms with Gasteiger partial charge in [0.1, 0.15) is 0 Å². The minimum Gasteiger partial charge on any atom is -0.270 e. The summed E-state index contributed by atoms with van der Waals surface area (Å²) in [6, 6.07) is 0. The molecule has 1 aromatic rings. The van der Waals surface area contributed by atoms with Gasteiger partial charge in [-0.15, -0.1) is 0 Å². The Balaban J connectivity index is 3.15. The minimum absolute atomic E-state index is 0.852. The van der Waals surface area contributed by atoms with Crippen molar-refractivity contribution < 1.29 is 16.8 Å². The van der Waals surface area contributed by atoms with Gasteiger partial charge in [-0.05, 0) is 0 Å². The monoisotopic (exact) mass is 284 g/mol. The van der Waals surface area contributed by atoms with E-state index in [0.29, 0.717) is 0 Å². The Hall–Kier alpha value is -1.53. The van der Waals surface area contributed by atoms with Crippen molar-refractivity contribution in [1.82, 2.24) is 15.2 Å². The van der Waals surface area contributed by atoms with Crippen LogP contribution < -0.4 is 16.4 Å². The van der Waals surface area contributed by atoms with Gasteiger partial charge in [-0.1, -0.05) is 0 Å². The van der Waals surface area contributed by atoms with Gasteiger partial charge < -0.3 is 0 Å². The van der Waals surface area contributed by atoms with Gasteiger partial charge in [-0.25, -0.2) is 31.9 Å². The van der Waals surface area contributed by atoms with Crippen molar-refractivity contribution >= 4 is 19.9 Å². The van der Waals surface area contributed by atoms with Crippen LogP contribution in [0.5, 0.6) is 0 Å². The molecule has 4 N–H and O–H groups in total. The maximum absolute atomic E-state index is 11.5. The summed E-state index contributed by atoms with van der Waals surface area (Å²) >= 11 is 0. The van der Waals surface area contributed by atoms with Crippen molar-refractivity contribution in [1.29, 1.82) is 0 Å². The molecule has 96 valence electrons. The lowest BCUT2D eigenvalue weighted by Crippen LogP contribution is -2.32. The van der Waals surface area contributed by atoms with Gasteiger partial charge >= 0.3 is 5.69 Å². The fraction of sp³-hybridized carbons (Fsp3) is 0.400. The highest BCUT2D eigenvalue weighted by molar-refractivity contribution is 7.94. The van der Waals surface area contributed by atoms with Gasteiger partial charge in [0.15, 0.2) is 0 Å². The first-order valence-corrected chi connectivity index (χ1v) is 7.41. The first kappa shape index (κ1) is 13.5. The molecule has 0 unspecified atom stereocenters. The maximum atomic E-state index is 11.5. The van der Waals surface area contributed by atoms with Crippen LogP contribution in [0.15, 0.2) is 14.6 Å². The number of H-pyrrole nitrogens is 2. The standard InChI is InChI=1S/C5H8N4O6S2/c6-17(14,15)2-1-16(12,13)4-3(10)7-5(11)9-8-4/h1-2H2,(H2,6,14,15)(H2,7,9,10,11). The van der Waals surface area contributed by atoms with Crippen LogP contribution in [0.2, 0.25) is 0 Å². The van der Waals surface area contributed by atoms with E-state index >= 15 is 0 Å². The van der Waals surface area contributed by atoms with Crippen molar-refractivity contribution in [2.24, 2.45) is 5.14 Å². The Morgan fingerprint density at radius 3 is 2.18 bits per heavy atom. The molecule has 0 fully saturated rings. The molecular weight excluding hydrogens is 276 g/mol. The quantitative estimate of drug-likeness (QED) is 0.514. The Kier molecular flexibility index (Phi) is 3.49. The highest BCUT2D eigenvalue weighted by Gasteiger charge is 2.23. The number of primary sulfonamides is 1. The van der Waals surface area contributed by atoms with Crippen LogP contribution >= 0.6 is 0 Å². The van der Waals surface area contributed by atoms with Crippen LogP contribution in [0.3, 0.4) is 0 Å². The zero-order valence-corrected chi connectivity index (χ0v) is 9.84. The molecule has 0 aliphatic heterocycles. The third-order valence-electron chi connectivity index (χ3n) is 1.61. The fourth-order valence-corrected chi connectivity index (χ4v) is 3.39. The van der Waals surface area contributed by atoms with E-state index < -0.39 is 47.6 Å². The molecule has 0 atom stereocenters. The SMILES string of the molecule is NS(=O)(=O)CCS(=O)(=O)c1n[nH]c(=O)[nH]c1=O. The average molecular weight is 284 g/mol. The number of rotatable bonds is 4. The van der Waals surface area contributed by atoms with E-state index in [1.165, 1.54) is 0 Å². The summed E-state index contributed by atoms with van der Waals surface area (Å²) in [5, 5.41) is 8.44. The molecule has 0 bridgehead atoms. The number of nitrogens with zero attached hydrogens (tertiary/aromatic N) is 1. The Morgan fingerprint density at radius 1 is 1.12 bits per heavy atom. The van der Waals surface area contributed by atoms with E-state index in [2.05, 4.69) is 10.2 Å². The van der Waals surface area contributed by atoms with E-state index in [-0.39, 0.29) is 0 Å². The Bertz CT molecular complexity index is 726. The van der Waals surface area contributed by atoms with Gasteiger partial charge in [-0.2, -0.15) is 5.10 Å². The summed E-state index contributed by atoms with van der Waals surface area (Å²) in [4.78, 5) is 23.4. The van der Waals surface area contributed by atoms with E-state index in [4.69, 9.17) is 0 Å². The lowest BCUT2D eigenvalue weighted by molar-refractivity contribution is 0.581. The molecular formula is C5H8N4O6S2. The summed E-state index contributed by atoms with van der Waals surface area (Å²) in [5.41, 5.74) is -2.19. The van der Waals surface area contributed by atoms with Crippen molar-refractivity contribution in [3.63, 3.8) is 0 Å². The lowest BCUT2D eigenvalue weighted by atomic mass is 10.8. The number of sulfone groups is 1. The van der Waals surface area contributed by atoms with Gasteiger partial charge in [0.25, 0.3) is 5.56 Å². The first-order chi connectivity index (χ1) is 7.62. The predicted octanol–water partition coefficient (Wildman–Crippen LogP) is -3.48. The summed E-state index contributed by atoms with van der Waals surface area (Å²) in [6.45, 7) is 0. The van der Waals surface area contributed by atoms with Crippen LogP contribution in [0.25, 0.3) is 0 Å². The van der Waals surface area contributed by atoms with Crippen molar-refractivity contribution in [2.45, 2.75) is 5.03 Å². The number of hydrogen-bond donors (Lipinski definition) is 3. The van der Waals surface area contributed by atoms with Crippen LogP contribution in [0.4, 0.5) is 0 Å². The van der Waals surface area contributed by atoms with Crippen molar-refractivity contribution in [3.8, 4) is 0 Å². The second-order valence-electron chi connectivity index (χ2n) is 3.00. The Morgan fingerprint density at radius 2 is 1.71 bits per heavy atom. The fourth-order valence-electron chi connectivity index (χ4n) is 0.870. The van der Waals surface area contributed by atoms with Crippen molar-refractivity contribution in [3.05, 3.63) is 20.8 Å². The average Bonchev–Trinajstić information content (AvgIpc) is 2.13. The second kappa shape index (κ2) is 4.38. The highest BCUT2D eigenvalue weighted by Crippen LogP contribution is 1.99. The molecule has 0 aromatic carbocycles. The molecule has 0 aliphatic carbocycles. The lowest BCUT2D eigenvalue weighted by Gasteiger charge is -2.00. The number of nitrogens with one attached hydrogen (secondary N) is 2. The van der Waals surface area contributed by atoms with Gasteiger partial charge in [0, 0.05) is 0 Å². The van der Waals surface area contributed by atoms with Crippen molar-refractivity contribution in [2.75, 3.05) is 11.5 Å². The van der Waals surface area contributed by atoms with Crippen LogP contribution in [0.1, 0.15) is 0 Å². The third kappa shape index (κ3) is 3.76. The molecule has 1 heterocycles. The molecule has 0 aliphatic rings.